The van der Waals surface area contributed by atoms with E-state index in [0.717, 1.165) is 30.0 Å². The molecule has 1 heterocycles. The Morgan fingerprint density at radius 3 is 3.11 bits per heavy atom. The maximum atomic E-state index is 12.0. The van der Waals surface area contributed by atoms with Crippen LogP contribution in [0.25, 0.3) is 0 Å². The van der Waals surface area contributed by atoms with Crippen molar-refractivity contribution >= 4 is 29.4 Å². The van der Waals surface area contributed by atoms with Crippen molar-refractivity contribution < 1.29 is 9.53 Å². The number of benzene rings is 1. The molecule has 0 N–H and O–H groups in total. The summed E-state index contributed by atoms with van der Waals surface area (Å²) in [5.74, 6) is 2.78. The van der Waals surface area contributed by atoms with Crippen LogP contribution in [0.4, 0.5) is 0 Å². The minimum atomic E-state index is 0.143. The van der Waals surface area contributed by atoms with Gasteiger partial charge in [0, 0.05) is 6.54 Å². The highest BCUT2D eigenvalue weighted by atomic mass is 32.2. The highest BCUT2D eigenvalue weighted by molar-refractivity contribution is 8.00. The second-order valence-electron chi connectivity index (χ2n) is 4.37. The number of thioether (sulfide) groups is 2. The van der Waals surface area contributed by atoms with Crippen molar-refractivity contribution in [2.75, 3.05) is 31.4 Å². The fourth-order valence-electron chi connectivity index (χ4n) is 2.15. The van der Waals surface area contributed by atoms with Crippen molar-refractivity contribution in [2.24, 2.45) is 0 Å². The smallest absolute Gasteiger partial charge is 0.233 e. The minimum absolute atomic E-state index is 0.143. The van der Waals surface area contributed by atoms with Crippen LogP contribution in [0.3, 0.4) is 0 Å². The van der Waals surface area contributed by atoms with Crippen LogP contribution in [0.2, 0.25) is 0 Å². The first-order valence-electron chi connectivity index (χ1n) is 6.30. The van der Waals surface area contributed by atoms with Crippen molar-refractivity contribution in [1.29, 1.82) is 0 Å². The van der Waals surface area contributed by atoms with E-state index >= 15 is 0 Å². The Kier molecular flexibility index (Phi) is 5.45. The van der Waals surface area contributed by atoms with E-state index < -0.39 is 0 Å². The molecular weight excluding hydrogens is 278 g/mol. The Bertz CT molecular complexity index is 439. The summed E-state index contributed by atoms with van der Waals surface area (Å²) in [7, 11) is 1.67. The summed E-state index contributed by atoms with van der Waals surface area (Å²) < 4.78 is 5.26. The van der Waals surface area contributed by atoms with E-state index in [1.807, 2.05) is 34.9 Å². The van der Waals surface area contributed by atoms with Gasteiger partial charge in [-0.1, -0.05) is 12.1 Å². The Labute approximate surface area is 123 Å². The molecule has 1 aliphatic rings. The molecule has 1 saturated heterocycles. The summed E-state index contributed by atoms with van der Waals surface area (Å²) in [6.07, 6.45) is 3.15. The van der Waals surface area contributed by atoms with E-state index in [1.54, 1.807) is 18.9 Å². The first kappa shape index (κ1) is 14.6. The van der Waals surface area contributed by atoms with Crippen LogP contribution in [0.5, 0.6) is 5.75 Å². The number of hydrogen-bond donors (Lipinski definition) is 0. The van der Waals surface area contributed by atoms with Crippen molar-refractivity contribution in [3.05, 3.63) is 29.8 Å². The Morgan fingerprint density at radius 2 is 2.37 bits per heavy atom. The highest BCUT2D eigenvalue weighted by Crippen LogP contribution is 2.39. The van der Waals surface area contributed by atoms with Gasteiger partial charge in [0.15, 0.2) is 0 Å². The molecule has 2 rings (SSSR count). The number of amides is 1. The summed E-state index contributed by atoms with van der Waals surface area (Å²) in [5.41, 5.74) is 1.15. The zero-order valence-corrected chi connectivity index (χ0v) is 12.9. The molecule has 0 spiro atoms. The third kappa shape index (κ3) is 3.60. The van der Waals surface area contributed by atoms with E-state index in [0.29, 0.717) is 5.75 Å². The molecule has 5 heteroatoms. The van der Waals surface area contributed by atoms with Gasteiger partial charge >= 0.3 is 0 Å². The second kappa shape index (κ2) is 7.10. The lowest BCUT2D eigenvalue weighted by molar-refractivity contribution is -0.128. The Morgan fingerprint density at radius 1 is 1.53 bits per heavy atom. The van der Waals surface area contributed by atoms with E-state index in [4.69, 9.17) is 4.74 Å². The molecular formula is C14H19NO2S2. The molecule has 1 aromatic carbocycles. The summed E-state index contributed by atoms with van der Waals surface area (Å²) in [5, 5.41) is 0.143. The van der Waals surface area contributed by atoms with Gasteiger partial charge in [0.05, 0.1) is 12.9 Å². The van der Waals surface area contributed by atoms with Gasteiger partial charge in [0.25, 0.3) is 0 Å². The van der Waals surface area contributed by atoms with Gasteiger partial charge in [0.2, 0.25) is 5.91 Å². The molecule has 3 nitrogen and oxygen atoms in total. The fraction of sp³-hybridized carbons (Fsp3) is 0.500. The predicted octanol–water partition coefficient (Wildman–Crippen LogP) is 3.02. The maximum Gasteiger partial charge on any atom is 0.233 e. The molecule has 19 heavy (non-hydrogen) atoms. The van der Waals surface area contributed by atoms with Gasteiger partial charge in [0.1, 0.15) is 11.1 Å². The van der Waals surface area contributed by atoms with E-state index in [9.17, 15) is 4.79 Å². The van der Waals surface area contributed by atoms with Crippen molar-refractivity contribution in [2.45, 2.75) is 11.8 Å². The van der Waals surface area contributed by atoms with Crippen molar-refractivity contribution in [3.63, 3.8) is 0 Å². The Hall–Kier alpha value is -0.810. The second-order valence-corrected chi connectivity index (χ2v) is 6.43. The molecule has 1 unspecified atom stereocenters. The van der Waals surface area contributed by atoms with Crippen LogP contribution in [-0.2, 0) is 4.79 Å². The van der Waals surface area contributed by atoms with Gasteiger partial charge in [-0.05, 0) is 36.1 Å². The van der Waals surface area contributed by atoms with Crippen LogP contribution >= 0.6 is 23.5 Å². The zero-order valence-electron chi connectivity index (χ0n) is 11.3. The molecule has 0 radical (unpaired) electrons. The van der Waals surface area contributed by atoms with Crippen LogP contribution in [0.15, 0.2) is 24.3 Å². The van der Waals surface area contributed by atoms with Crippen LogP contribution in [-0.4, -0.2) is 42.2 Å². The number of methoxy groups -OCH3 is 1. The number of rotatable bonds is 6. The maximum absolute atomic E-state index is 12.0. The van der Waals surface area contributed by atoms with Gasteiger partial charge in [-0.15, -0.1) is 11.8 Å². The van der Waals surface area contributed by atoms with Crippen LogP contribution in [0, 0.1) is 0 Å². The van der Waals surface area contributed by atoms with Gasteiger partial charge in [-0.3, -0.25) is 4.79 Å². The minimum Gasteiger partial charge on any atom is -0.497 e. The third-order valence-electron chi connectivity index (χ3n) is 3.09. The number of ether oxygens (including phenoxy) is 1. The molecule has 1 aromatic rings. The first-order valence-corrected chi connectivity index (χ1v) is 8.74. The molecule has 0 saturated carbocycles. The number of nitrogens with zero attached hydrogens (tertiary/aromatic N) is 1. The fourth-order valence-corrected chi connectivity index (χ4v) is 3.77. The lowest BCUT2D eigenvalue weighted by Gasteiger charge is -2.24. The lowest BCUT2D eigenvalue weighted by atomic mass is 10.2. The zero-order chi connectivity index (χ0) is 13.7. The van der Waals surface area contributed by atoms with Gasteiger partial charge in [-0.25, -0.2) is 0 Å². The van der Waals surface area contributed by atoms with E-state index in [-0.39, 0.29) is 11.3 Å². The van der Waals surface area contributed by atoms with Crippen molar-refractivity contribution in [3.8, 4) is 5.75 Å². The molecule has 0 bridgehead atoms. The topological polar surface area (TPSA) is 29.5 Å². The molecule has 1 aliphatic heterocycles. The quantitative estimate of drug-likeness (QED) is 0.755. The first-order chi connectivity index (χ1) is 9.26. The number of hydrogen-bond acceptors (Lipinski definition) is 4. The van der Waals surface area contributed by atoms with E-state index in [1.165, 1.54) is 0 Å². The molecule has 0 aliphatic carbocycles. The van der Waals surface area contributed by atoms with E-state index in [2.05, 4.69) is 12.3 Å². The summed E-state index contributed by atoms with van der Waals surface area (Å²) in [4.78, 5) is 14.0. The van der Waals surface area contributed by atoms with Crippen LogP contribution in [0.1, 0.15) is 17.4 Å². The molecule has 1 amide bonds. The molecule has 0 aromatic heterocycles. The van der Waals surface area contributed by atoms with Gasteiger partial charge < -0.3 is 9.64 Å². The Balaban J connectivity index is 2.10. The SMILES string of the molecule is COc1cccc(C2SCC(=O)N2CCCSC)c1. The number of carbonyl (C=O) groups excluding carboxylic acids is 1. The normalized spacial score (nSPS) is 18.9. The number of carbonyl (C=O) groups is 1. The molecule has 104 valence electrons. The monoisotopic (exact) mass is 297 g/mol. The van der Waals surface area contributed by atoms with Crippen LogP contribution < -0.4 is 4.74 Å². The highest BCUT2D eigenvalue weighted by Gasteiger charge is 2.32. The summed E-state index contributed by atoms with van der Waals surface area (Å²) in [6, 6.07) is 8.01. The molecule has 1 fully saturated rings. The average Bonchev–Trinajstić information content (AvgIpc) is 2.81. The predicted molar refractivity (Wildman–Crippen MR) is 82.9 cm³/mol. The largest absolute Gasteiger partial charge is 0.497 e. The standard InChI is InChI=1S/C14H19NO2S2/c1-17-12-6-3-5-11(9-12)14-15(7-4-8-18-2)13(16)10-19-14/h3,5-6,9,14H,4,7-8,10H2,1-2H3. The van der Waals surface area contributed by atoms with Gasteiger partial charge in [-0.2, -0.15) is 11.8 Å². The average molecular weight is 297 g/mol. The third-order valence-corrected chi connectivity index (χ3v) is 5.05. The van der Waals surface area contributed by atoms with Crippen molar-refractivity contribution in [1.82, 2.24) is 4.90 Å². The molecule has 1 atom stereocenters. The summed E-state index contributed by atoms with van der Waals surface area (Å²) in [6.45, 7) is 0.842. The summed E-state index contributed by atoms with van der Waals surface area (Å²) >= 11 is 3.53. The lowest BCUT2D eigenvalue weighted by Crippen LogP contribution is -2.29.